The maximum atomic E-state index is 12.4. The van der Waals surface area contributed by atoms with Crippen LogP contribution < -0.4 is 4.74 Å². The summed E-state index contributed by atoms with van der Waals surface area (Å²) in [6.45, 7) is 1.88. The summed E-state index contributed by atoms with van der Waals surface area (Å²) in [5, 5.41) is 0. The molecule has 0 aliphatic carbocycles. The number of ether oxygens (including phenoxy) is 1. The predicted octanol–water partition coefficient (Wildman–Crippen LogP) is 4.44. The molecule has 0 aliphatic rings. The molecule has 0 radical (unpaired) electrons. The van der Waals surface area contributed by atoms with Gasteiger partial charge in [0, 0.05) is 5.56 Å². The SMILES string of the molecule is Cc1ccc(S(=O)(=O)CC(=O)c2ccc(Oc3ccccc3)cc2)cc1. The fourth-order valence-corrected chi connectivity index (χ4v) is 3.65. The minimum absolute atomic E-state index is 0.153. The van der Waals surface area contributed by atoms with E-state index in [1.807, 2.05) is 37.3 Å². The summed E-state index contributed by atoms with van der Waals surface area (Å²) < 4.78 is 30.4. The van der Waals surface area contributed by atoms with E-state index in [-0.39, 0.29) is 4.90 Å². The zero-order valence-corrected chi connectivity index (χ0v) is 15.1. The number of carbonyl (C=O) groups excluding carboxylic acids is 1. The molecule has 0 N–H and O–H groups in total. The lowest BCUT2D eigenvalue weighted by Crippen LogP contribution is -2.16. The third kappa shape index (κ3) is 4.37. The van der Waals surface area contributed by atoms with Crippen LogP contribution in [0.4, 0.5) is 0 Å². The van der Waals surface area contributed by atoms with Crippen LogP contribution in [0.1, 0.15) is 15.9 Å². The van der Waals surface area contributed by atoms with E-state index in [0.717, 1.165) is 5.56 Å². The van der Waals surface area contributed by atoms with E-state index in [0.29, 0.717) is 17.1 Å². The van der Waals surface area contributed by atoms with E-state index in [1.54, 1.807) is 36.4 Å². The fourth-order valence-electron chi connectivity index (χ4n) is 2.42. The van der Waals surface area contributed by atoms with Gasteiger partial charge in [0.25, 0.3) is 0 Å². The van der Waals surface area contributed by atoms with Crippen molar-refractivity contribution in [1.29, 1.82) is 0 Å². The van der Waals surface area contributed by atoms with Crippen molar-refractivity contribution in [2.24, 2.45) is 0 Å². The molecule has 0 aliphatic heterocycles. The molecule has 0 atom stereocenters. The number of carbonyl (C=O) groups is 1. The van der Waals surface area contributed by atoms with Crippen molar-refractivity contribution in [3.63, 3.8) is 0 Å². The summed E-state index contributed by atoms with van der Waals surface area (Å²) in [5.74, 6) is 0.258. The first-order valence-electron chi connectivity index (χ1n) is 8.10. The fraction of sp³-hybridized carbons (Fsp3) is 0.0952. The minimum Gasteiger partial charge on any atom is -0.457 e. The summed E-state index contributed by atoms with van der Waals surface area (Å²) in [7, 11) is -3.66. The van der Waals surface area contributed by atoms with Gasteiger partial charge in [-0.15, -0.1) is 0 Å². The summed E-state index contributed by atoms with van der Waals surface area (Å²) in [6, 6.07) is 22.2. The highest BCUT2D eigenvalue weighted by Crippen LogP contribution is 2.22. The van der Waals surface area contributed by atoms with Gasteiger partial charge in [0.05, 0.1) is 4.90 Å². The van der Waals surface area contributed by atoms with E-state index in [4.69, 9.17) is 4.74 Å². The average molecular weight is 366 g/mol. The normalized spacial score (nSPS) is 11.1. The van der Waals surface area contributed by atoms with Crippen molar-refractivity contribution in [1.82, 2.24) is 0 Å². The van der Waals surface area contributed by atoms with Crippen LogP contribution in [-0.2, 0) is 9.84 Å². The number of benzene rings is 3. The Hall–Kier alpha value is -2.92. The van der Waals surface area contributed by atoms with Crippen LogP contribution in [0, 0.1) is 6.92 Å². The van der Waals surface area contributed by atoms with E-state index >= 15 is 0 Å². The molecule has 3 aromatic rings. The van der Waals surface area contributed by atoms with Gasteiger partial charge < -0.3 is 4.74 Å². The molecule has 3 rings (SSSR count). The van der Waals surface area contributed by atoms with Crippen LogP contribution in [0.3, 0.4) is 0 Å². The lowest BCUT2D eigenvalue weighted by Gasteiger charge is -2.07. The number of sulfone groups is 1. The second-order valence-corrected chi connectivity index (χ2v) is 7.92. The van der Waals surface area contributed by atoms with Gasteiger partial charge >= 0.3 is 0 Å². The van der Waals surface area contributed by atoms with Crippen LogP contribution in [0.5, 0.6) is 11.5 Å². The van der Waals surface area contributed by atoms with Crippen molar-refractivity contribution in [2.45, 2.75) is 11.8 Å². The van der Waals surface area contributed by atoms with Crippen molar-refractivity contribution in [3.05, 3.63) is 90.0 Å². The molecular weight excluding hydrogens is 348 g/mol. The summed E-state index contributed by atoms with van der Waals surface area (Å²) in [5.41, 5.74) is 1.30. The molecule has 0 heterocycles. The molecule has 0 saturated heterocycles. The van der Waals surface area contributed by atoms with E-state index in [2.05, 4.69) is 0 Å². The van der Waals surface area contributed by atoms with Crippen molar-refractivity contribution < 1.29 is 17.9 Å². The summed E-state index contributed by atoms with van der Waals surface area (Å²) >= 11 is 0. The van der Waals surface area contributed by atoms with Crippen LogP contribution in [0.25, 0.3) is 0 Å². The lowest BCUT2D eigenvalue weighted by atomic mass is 10.1. The predicted molar refractivity (Wildman–Crippen MR) is 101 cm³/mol. The van der Waals surface area contributed by atoms with Gasteiger partial charge in [-0.1, -0.05) is 35.9 Å². The zero-order valence-electron chi connectivity index (χ0n) is 14.3. The quantitative estimate of drug-likeness (QED) is 0.605. The Kier molecular flexibility index (Phi) is 5.19. The molecule has 0 fully saturated rings. The van der Waals surface area contributed by atoms with E-state index < -0.39 is 21.4 Å². The summed E-state index contributed by atoms with van der Waals surface area (Å²) in [6.07, 6.45) is 0. The van der Waals surface area contributed by atoms with E-state index in [9.17, 15) is 13.2 Å². The third-order valence-corrected chi connectivity index (χ3v) is 5.49. The molecule has 0 spiro atoms. The molecule has 26 heavy (non-hydrogen) atoms. The van der Waals surface area contributed by atoms with Gasteiger partial charge in [0.1, 0.15) is 17.3 Å². The lowest BCUT2D eigenvalue weighted by molar-refractivity contribution is 0.102. The van der Waals surface area contributed by atoms with Gasteiger partial charge in [-0.05, 0) is 55.5 Å². The molecule has 5 heteroatoms. The van der Waals surface area contributed by atoms with Crippen molar-refractivity contribution >= 4 is 15.6 Å². The first kappa shape index (κ1) is 17.9. The first-order chi connectivity index (χ1) is 12.4. The second-order valence-electron chi connectivity index (χ2n) is 5.93. The van der Waals surface area contributed by atoms with Crippen LogP contribution in [-0.4, -0.2) is 20.0 Å². The minimum atomic E-state index is -3.66. The topological polar surface area (TPSA) is 60.4 Å². The molecular formula is C21H18O4S. The third-order valence-electron chi connectivity index (χ3n) is 3.86. The highest BCUT2D eigenvalue weighted by molar-refractivity contribution is 7.92. The Morgan fingerprint density at radius 2 is 1.38 bits per heavy atom. The number of para-hydroxylation sites is 1. The van der Waals surface area contributed by atoms with Gasteiger partial charge in [-0.2, -0.15) is 0 Å². The molecule has 4 nitrogen and oxygen atoms in total. The molecule has 0 bridgehead atoms. The number of hydrogen-bond acceptors (Lipinski definition) is 4. The number of aryl methyl sites for hydroxylation is 1. The second kappa shape index (κ2) is 7.54. The van der Waals surface area contributed by atoms with Gasteiger partial charge in [-0.3, -0.25) is 4.79 Å². The van der Waals surface area contributed by atoms with Gasteiger partial charge in [0.15, 0.2) is 15.6 Å². The summed E-state index contributed by atoms with van der Waals surface area (Å²) in [4.78, 5) is 12.5. The van der Waals surface area contributed by atoms with Crippen LogP contribution in [0.2, 0.25) is 0 Å². The smallest absolute Gasteiger partial charge is 0.185 e. The Balaban J connectivity index is 1.71. The molecule has 3 aromatic carbocycles. The maximum Gasteiger partial charge on any atom is 0.185 e. The molecule has 0 unspecified atom stereocenters. The van der Waals surface area contributed by atoms with Gasteiger partial charge in [-0.25, -0.2) is 8.42 Å². The zero-order chi connectivity index (χ0) is 18.6. The Morgan fingerprint density at radius 1 is 0.808 bits per heavy atom. The molecule has 0 amide bonds. The first-order valence-corrected chi connectivity index (χ1v) is 9.75. The van der Waals surface area contributed by atoms with Crippen LogP contribution >= 0.6 is 0 Å². The molecule has 0 aromatic heterocycles. The number of Topliss-reactive ketones (excluding diaryl/α,β-unsaturated/α-hetero) is 1. The maximum absolute atomic E-state index is 12.4. The number of ketones is 1. The highest BCUT2D eigenvalue weighted by Gasteiger charge is 2.20. The molecule has 132 valence electrons. The molecule has 0 saturated carbocycles. The average Bonchev–Trinajstić information content (AvgIpc) is 2.63. The van der Waals surface area contributed by atoms with Crippen molar-refractivity contribution in [2.75, 3.05) is 5.75 Å². The monoisotopic (exact) mass is 366 g/mol. The van der Waals surface area contributed by atoms with Crippen molar-refractivity contribution in [3.8, 4) is 11.5 Å². The van der Waals surface area contributed by atoms with E-state index in [1.165, 1.54) is 12.1 Å². The van der Waals surface area contributed by atoms with Gasteiger partial charge in [0.2, 0.25) is 0 Å². The Morgan fingerprint density at radius 3 is 2.00 bits per heavy atom. The Labute approximate surface area is 153 Å². The highest BCUT2D eigenvalue weighted by atomic mass is 32.2. The standard InChI is InChI=1S/C21H18O4S/c1-16-7-13-20(14-8-16)26(23,24)15-21(22)17-9-11-19(12-10-17)25-18-5-3-2-4-6-18/h2-14H,15H2,1H3. The van der Waals surface area contributed by atoms with Crippen LogP contribution in [0.15, 0.2) is 83.8 Å². The Bertz CT molecular complexity index is 990. The number of rotatable bonds is 6. The number of hydrogen-bond donors (Lipinski definition) is 0. The largest absolute Gasteiger partial charge is 0.457 e.